The van der Waals surface area contributed by atoms with Gasteiger partial charge < -0.3 is 9.47 Å². The second-order valence-electron chi connectivity index (χ2n) is 4.78. The minimum atomic E-state index is -0.0930. The van der Waals surface area contributed by atoms with Gasteiger partial charge in [0, 0.05) is 25.6 Å². The average molecular weight is 260 g/mol. The van der Waals surface area contributed by atoms with E-state index in [0.717, 1.165) is 37.9 Å². The van der Waals surface area contributed by atoms with Crippen LogP contribution in [0.15, 0.2) is 24.5 Å². The van der Waals surface area contributed by atoms with Crippen molar-refractivity contribution >= 4 is 0 Å². The van der Waals surface area contributed by atoms with Crippen molar-refractivity contribution in [2.45, 2.75) is 44.3 Å². The van der Waals surface area contributed by atoms with Gasteiger partial charge in [0.1, 0.15) is 0 Å². The van der Waals surface area contributed by atoms with Crippen molar-refractivity contribution in [3.8, 4) is 6.07 Å². The number of hydrogen-bond acceptors (Lipinski definition) is 4. The van der Waals surface area contributed by atoms with Crippen molar-refractivity contribution in [2.75, 3.05) is 13.2 Å². The first-order chi connectivity index (χ1) is 9.40. The molecule has 102 valence electrons. The van der Waals surface area contributed by atoms with Gasteiger partial charge in [-0.1, -0.05) is 6.07 Å². The summed E-state index contributed by atoms with van der Waals surface area (Å²) >= 11 is 0. The van der Waals surface area contributed by atoms with E-state index in [0.29, 0.717) is 6.61 Å². The maximum absolute atomic E-state index is 9.18. The summed E-state index contributed by atoms with van der Waals surface area (Å²) in [5.41, 5.74) is 0.985. The summed E-state index contributed by atoms with van der Waals surface area (Å²) in [7, 11) is 0. The highest BCUT2D eigenvalue weighted by atomic mass is 16.7. The topological polar surface area (TPSA) is 55.1 Å². The van der Waals surface area contributed by atoms with Crippen molar-refractivity contribution in [1.82, 2.24) is 4.98 Å². The Labute approximate surface area is 114 Å². The largest absolute Gasteiger partial charge is 0.353 e. The van der Waals surface area contributed by atoms with Gasteiger partial charge in [-0.05, 0) is 43.7 Å². The first-order valence-electron chi connectivity index (χ1n) is 6.93. The summed E-state index contributed by atoms with van der Waals surface area (Å²) in [5, 5.41) is 9.18. The Balaban J connectivity index is 1.68. The van der Waals surface area contributed by atoms with Crippen molar-refractivity contribution in [3.05, 3.63) is 30.1 Å². The minimum absolute atomic E-state index is 0.0346. The van der Waals surface area contributed by atoms with Crippen LogP contribution in [0.3, 0.4) is 0 Å². The molecule has 2 atom stereocenters. The Morgan fingerprint density at radius 2 is 2.47 bits per heavy atom. The third-order valence-electron chi connectivity index (χ3n) is 3.32. The molecule has 1 saturated heterocycles. The molecular formula is C15H20N2O2. The molecule has 1 aromatic rings. The van der Waals surface area contributed by atoms with E-state index in [1.165, 1.54) is 6.42 Å². The second-order valence-corrected chi connectivity index (χ2v) is 4.78. The average Bonchev–Trinajstić information content (AvgIpc) is 2.49. The van der Waals surface area contributed by atoms with E-state index in [9.17, 15) is 5.26 Å². The van der Waals surface area contributed by atoms with Gasteiger partial charge in [0.15, 0.2) is 6.29 Å². The number of hydrogen-bond donors (Lipinski definition) is 0. The lowest BCUT2D eigenvalue weighted by atomic mass is 9.97. The number of pyridine rings is 1. The standard InChI is InChI=1S/C15H20N2O2/c16-11-13(14-5-3-8-17-12-14)6-4-10-19-15-7-1-2-9-18-15/h3,5,8,12-13,15H,1-2,4,6-7,9-10H2. The number of nitriles is 1. The van der Waals surface area contributed by atoms with Crippen LogP contribution in [0.1, 0.15) is 43.6 Å². The highest BCUT2D eigenvalue weighted by Gasteiger charge is 2.14. The van der Waals surface area contributed by atoms with Crippen LogP contribution in [-0.4, -0.2) is 24.5 Å². The van der Waals surface area contributed by atoms with E-state index < -0.39 is 0 Å². The zero-order valence-electron chi connectivity index (χ0n) is 11.1. The maximum Gasteiger partial charge on any atom is 0.157 e. The molecule has 0 N–H and O–H groups in total. The van der Waals surface area contributed by atoms with Gasteiger partial charge in [-0.25, -0.2) is 0 Å². The second kappa shape index (κ2) is 7.88. The molecule has 1 aliphatic rings. The maximum atomic E-state index is 9.18. The van der Waals surface area contributed by atoms with Gasteiger partial charge in [0.05, 0.1) is 12.0 Å². The molecule has 4 heteroatoms. The minimum Gasteiger partial charge on any atom is -0.353 e. The van der Waals surface area contributed by atoms with E-state index in [2.05, 4.69) is 11.1 Å². The summed E-state index contributed by atoms with van der Waals surface area (Å²) in [6.45, 7) is 1.46. The van der Waals surface area contributed by atoms with Gasteiger partial charge in [-0.2, -0.15) is 5.26 Å². The van der Waals surface area contributed by atoms with Gasteiger partial charge in [-0.15, -0.1) is 0 Å². The lowest BCUT2D eigenvalue weighted by Crippen LogP contribution is -2.22. The summed E-state index contributed by atoms with van der Waals surface area (Å²) in [6.07, 6.45) is 8.43. The quantitative estimate of drug-likeness (QED) is 0.738. The van der Waals surface area contributed by atoms with Crippen LogP contribution in [0, 0.1) is 11.3 Å². The molecule has 1 aromatic heterocycles. The molecule has 4 nitrogen and oxygen atoms in total. The molecule has 0 aliphatic carbocycles. The molecule has 1 aliphatic heterocycles. The van der Waals surface area contributed by atoms with E-state index in [1.54, 1.807) is 12.4 Å². The fourth-order valence-corrected chi connectivity index (χ4v) is 2.23. The van der Waals surface area contributed by atoms with E-state index in [1.807, 2.05) is 12.1 Å². The van der Waals surface area contributed by atoms with E-state index in [-0.39, 0.29) is 12.2 Å². The Kier molecular flexibility index (Phi) is 5.80. The van der Waals surface area contributed by atoms with Gasteiger partial charge in [0.25, 0.3) is 0 Å². The van der Waals surface area contributed by atoms with Crippen LogP contribution in [0.4, 0.5) is 0 Å². The van der Waals surface area contributed by atoms with Crippen LogP contribution < -0.4 is 0 Å². The fourth-order valence-electron chi connectivity index (χ4n) is 2.23. The van der Waals surface area contributed by atoms with Gasteiger partial charge in [0.2, 0.25) is 0 Å². The van der Waals surface area contributed by atoms with Crippen LogP contribution in [-0.2, 0) is 9.47 Å². The molecule has 2 heterocycles. The zero-order chi connectivity index (χ0) is 13.3. The Morgan fingerprint density at radius 1 is 1.53 bits per heavy atom. The lowest BCUT2D eigenvalue weighted by Gasteiger charge is -2.22. The summed E-state index contributed by atoms with van der Waals surface area (Å²) in [4.78, 5) is 4.05. The first-order valence-corrected chi connectivity index (χ1v) is 6.93. The molecular weight excluding hydrogens is 240 g/mol. The van der Waals surface area contributed by atoms with E-state index >= 15 is 0 Å². The Morgan fingerprint density at radius 3 is 3.16 bits per heavy atom. The molecule has 0 saturated carbocycles. The van der Waals surface area contributed by atoms with Crippen molar-refractivity contribution < 1.29 is 9.47 Å². The van der Waals surface area contributed by atoms with Gasteiger partial charge >= 0.3 is 0 Å². The van der Waals surface area contributed by atoms with Crippen LogP contribution in [0.5, 0.6) is 0 Å². The Bertz CT molecular complexity index is 396. The monoisotopic (exact) mass is 260 g/mol. The summed E-state index contributed by atoms with van der Waals surface area (Å²) in [5.74, 6) is -0.0930. The predicted molar refractivity (Wildman–Crippen MR) is 71.4 cm³/mol. The van der Waals surface area contributed by atoms with Crippen molar-refractivity contribution in [2.24, 2.45) is 0 Å². The zero-order valence-corrected chi connectivity index (χ0v) is 11.1. The Hall–Kier alpha value is -1.44. The first kappa shape index (κ1) is 14.0. The van der Waals surface area contributed by atoms with Crippen molar-refractivity contribution in [1.29, 1.82) is 5.26 Å². The molecule has 0 spiro atoms. The summed E-state index contributed by atoms with van der Waals surface area (Å²) < 4.78 is 11.2. The lowest BCUT2D eigenvalue weighted by molar-refractivity contribution is -0.162. The molecule has 1 fully saturated rings. The predicted octanol–water partition coefficient (Wildman–Crippen LogP) is 3.01. The van der Waals surface area contributed by atoms with Crippen molar-refractivity contribution in [3.63, 3.8) is 0 Å². The number of rotatable bonds is 6. The number of aromatic nitrogens is 1. The highest BCUT2D eigenvalue weighted by Crippen LogP contribution is 2.20. The fraction of sp³-hybridized carbons (Fsp3) is 0.600. The number of ether oxygens (including phenoxy) is 2. The number of nitrogens with zero attached hydrogens (tertiary/aromatic N) is 2. The molecule has 0 bridgehead atoms. The van der Waals surface area contributed by atoms with Crippen LogP contribution in [0.25, 0.3) is 0 Å². The third-order valence-corrected chi connectivity index (χ3v) is 3.32. The summed E-state index contributed by atoms with van der Waals surface area (Å²) in [6, 6.07) is 6.15. The molecule has 0 aromatic carbocycles. The van der Waals surface area contributed by atoms with Gasteiger partial charge in [-0.3, -0.25) is 4.98 Å². The molecule has 0 radical (unpaired) electrons. The molecule has 0 amide bonds. The molecule has 2 unspecified atom stereocenters. The van der Waals surface area contributed by atoms with Crippen LogP contribution in [0.2, 0.25) is 0 Å². The third kappa shape index (κ3) is 4.62. The SMILES string of the molecule is N#CC(CCCOC1CCCCO1)c1cccnc1. The highest BCUT2D eigenvalue weighted by molar-refractivity contribution is 5.20. The normalized spacial score (nSPS) is 20.7. The molecule has 2 rings (SSSR count). The van der Waals surface area contributed by atoms with Crippen LogP contribution >= 0.6 is 0 Å². The molecule has 19 heavy (non-hydrogen) atoms. The smallest absolute Gasteiger partial charge is 0.157 e. The van der Waals surface area contributed by atoms with E-state index in [4.69, 9.17) is 9.47 Å².